The van der Waals surface area contributed by atoms with Crippen LogP contribution in [0.2, 0.25) is 0 Å². The van der Waals surface area contributed by atoms with Crippen molar-refractivity contribution in [2.24, 2.45) is 0 Å². The van der Waals surface area contributed by atoms with Crippen molar-refractivity contribution in [2.75, 3.05) is 0 Å². The Bertz CT molecular complexity index is 803. The number of hydrogen-bond acceptors (Lipinski definition) is 0. The molecule has 0 fully saturated rings. The first-order valence-electron chi connectivity index (χ1n) is 6.43. The molecule has 0 aliphatic carbocycles. The molecule has 0 unspecified atom stereocenters. The fourth-order valence-corrected chi connectivity index (χ4v) is 7.70. The van der Waals surface area contributed by atoms with Gasteiger partial charge in [-0.1, -0.05) is 0 Å². The third-order valence-corrected chi connectivity index (χ3v) is 8.38. The Morgan fingerprint density at radius 3 is 1.53 bits per heavy atom. The van der Waals surface area contributed by atoms with E-state index in [0.29, 0.717) is 0 Å². The summed E-state index contributed by atoms with van der Waals surface area (Å²) in [6, 6.07) is 28.8. The van der Waals surface area contributed by atoms with E-state index in [1.165, 1.54) is 15.2 Å². The van der Waals surface area contributed by atoms with Crippen LogP contribution in [0.4, 0.5) is 0 Å². The Hall–Kier alpha value is -1.82. The van der Waals surface area contributed by atoms with Gasteiger partial charge in [0, 0.05) is 0 Å². The van der Waals surface area contributed by atoms with Crippen LogP contribution in [0.1, 0.15) is 0 Å². The third kappa shape index (κ3) is 1.67. The van der Waals surface area contributed by atoms with Crippen molar-refractivity contribution in [2.45, 2.75) is 0 Å². The summed E-state index contributed by atoms with van der Waals surface area (Å²) in [7, 11) is 0. The van der Waals surface area contributed by atoms with Crippen molar-refractivity contribution < 1.29 is 0 Å². The van der Waals surface area contributed by atoms with Crippen LogP contribution in [0.15, 0.2) is 78.9 Å². The SMILES string of the molecule is c1ccc(-[se+]2c3ccccc3c3ccccc32)cc1. The molecule has 0 saturated carbocycles. The van der Waals surface area contributed by atoms with E-state index in [-0.39, 0.29) is 0 Å². The van der Waals surface area contributed by atoms with Crippen LogP contribution in [0, 0.1) is 0 Å². The van der Waals surface area contributed by atoms with E-state index in [2.05, 4.69) is 78.9 Å². The van der Waals surface area contributed by atoms with Crippen molar-refractivity contribution in [3.05, 3.63) is 78.9 Å². The van der Waals surface area contributed by atoms with Crippen molar-refractivity contribution in [1.82, 2.24) is 0 Å². The minimum atomic E-state index is -1.07. The van der Waals surface area contributed by atoms with E-state index in [4.69, 9.17) is 0 Å². The monoisotopic (exact) mass is 309 g/mol. The average molecular weight is 308 g/mol. The molecule has 1 heteroatoms. The summed E-state index contributed by atoms with van der Waals surface area (Å²) in [6.45, 7) is 0. The topological polar surface area (TPSA) is 0 Å². The van der Waals surface area contributed by atoms with Crippen LogP contribution in [0.3, 0.4) is 0 Å². The molecule has 0 atom stereocenters. The first kappa shape index (κ1) is 11.0. The maximum absolute atomic E-state index is 2.31. The Balaban J connectivity index is 2.24. The molecule has 0 radical (unpaired) electrons. The van der Waals surface area contributed by atoms with E-state index in [0.717, 1.165) is 0 Å². The molecule has 0 nitrogen and oxygen atoms in total. The Morgan fingerprint density at radius 2 is 0.947 bits per heavy atom. The van der Waals surface area contributed by atoms with Crippen LogP contribution < -0.4 is 0 Å². The fraction of sp³-hybridized carbons (Fsp3) is 0. The average Bonchev–Trinajstić information content (AvgIpc) is 2.83. The molecule has 90 valence electrons. The maximum atomic E-state index is 2.31. The summed E-state index contributed by atoms with van der Waals surface area (Å²) in [5.41, 5.74) is 0. The van der Waals surface area contributed by atoms with Crippen LogP contribution in [0.5, 0.6) is 0 Å². The van der Waals surface area contributed by atoms with Gasteiger partial charge in [0.1, 0.15) is 0 Å². The number of hydrogen-bond donors (Lipinski definition) is 0. The van der Waals surface area contributed by atoms with Gasteiger partial charge in [-0.3, -0.25) is 0 Å². The Morgan fingerprint density at radius 1 is 0.474 bits per heavy atom. The molecule has 1 heterocycles. The Kier molecular flexibility index (Phi) is 2.55. The van der Waals surface area contributed by atoms with Crippen molar-refractivity contribution in [1.29, 1.82) is 0 Å². The molecule has 0 N–H and O–H groups in total. The first-order valence-corrected chi connectivity index (χ1v) is 9.00. The predicted molar refractivity (Wildman–Crippen MR) is 84.3 cm³/mol. The summed E-state index contributed by atoms with van der Waals surface area (Å²) in [5, 5.41) is 2.87. The van der Waals surface area contributed by atoms with Crippen molar-refractivity contribution in [3.8, 4) is 4.46 Å². The van der Waals surface area contributed by atoms with E-state index >= 15 is 0 Å². The van der Waals surface area contributed by atoms with Gasteiger partial charge < -0.3 is 0 Å². The molecular formula is C18H13Se+. The Labute approximate surface area is 116 Å². The molecule has 4 aromatic rings. The second-order valence-electron chi connectivity index (χ2n) is 4.61. The summed E-state index contributed by atoms with van der Waals surface area (Å²) in [5.74, 6) is 0. The van der Waals surface area contributed by atoms with E-state index in [1.807, 2.05) is 0 Å². The molecule has 3 aromatic carbocycles. The molecule has 0 saturated heterocycles. The van der Waals surface area contributed by atoms with E-state index in [9.17, 15) is 0 Å². The van der Waals surface area contributed by atoms with Gasteiger partial charge in [0.2, 0.25) is 0 Å². The van der Waals surface area contributed by atoms with Crippen LogP contribution in [-0.2, 0) is 0 Å². The zero-order chi connectivity index (χ0) is 12.7. The van der Waals surface area contributed by atoms with Crippen molar-refractivity contribution >= 4 is 32.7 Å². The molecule has 0 aliphatic heterocycles. The second kappa shape index (κ2) is 4.38. The van der Waals surface area contributed by atoms with Gasteiger partial charge in [0.15, 0.2) is 0 Å². The summed E-state index contributed by atoms with van der Waals surface area (Å²) in [6.07, 6.45) is 0. The van der Waals surface area contributed by atoms with Gasteiger partial charge in [-0.05, 0) is 0 Å². The molecule has 0 aliphatic rings. The molecule has 0 amide bonds. The number of benzene rings is 3. The van der Waals surface area contributed by atoms with Gasteiger partial charge in [0.25, 0.3) is 0 Å². The van der Waals surface area contributed by atoms with Gasteiger partial charge >= 0.3 is 116 Å². The fourth-order valence-electron chi connectivity index (χ4n) is 2.66. The zero-order valence-electron chi connectivity index (χ0n) is 10.4. The van der Waals surface area contributed by atoms with Gasteiger partial charge in [-0.25, -0.2) is 0 Å². The first-order chi connectivity index (χ1) is 9.45. The van der Waals surface area contributed by atoms with Gasteiger partial charge in [0.05, 0.1) is 0 Å². The quantitative estimate of drug-likeness (QED) is 0.446. The van der Waals surface area contributed by atoms with E-state index in [1.54, 1.807) is 8.52 Å². The van der Waals surface area contributed by atoms with Gasteiger partial charge in [-0.2, -0.15) is 0 Å². The molecular weight excluding hydrogens is 295 g/mol. The molecule has 19 heavy (non-hydrogen) atoms. The third-order valence-electron chi connectivity index (χ3n) is 3.48. The summed E-state index contributed by atoms with van der Waals surface area (Å²) < 4.78 is 4.60. The van der Waals surface area contributed by atoms with Gasteiger partial charge in [-0.15, -0.1) is 0 Å². The molecule has 0 spiro atoms. The van der Waals surface area contributed by atoms with Crippen molar-refractivity contribution in [3.63, 3.8) is 0 Å². The molecule has 4 rings (SSSR count). The molecule has 1 aromatic heterocycles. The van der Waals surface area contributed by atoms with Crippen LogP contribution in [-0.4, -0.2) is 13.4 Å². The van der Waals surface area contributed by atoms with Crippen LogP contribution in [0.25, 0.3) is 23.8 Å². The second-order valence-corrected chi connectivity index (χ2v) is 8.73. The standard InChI is InChI=1S/C18H13Se/c1-2-8-14(9-3-1)19-17-12-6-4-10-15(17)16-11-5-7-13-18(16)19/h1-13H/q+1. The zero-order valence-corrected chi connectivity index (χ0v) is 12.1. The summed E-state index contributed by atoms with van der Waals surface area (Å²) in [4.78, 5) is 0. The van der Waals surface area contributed by atoms with E-state index < -0.39 is 13.4 Å². The number of rotatable bonds is 1. The number of fused-ring (bicyclic) bond motifs is 3. The summed E-state index contributed by atoms with van der Waals surface area (Å²) >= 11 is -1.07. The predicted octanol–water partition coefficient (Wildman–Crippen LogP) is 4.73. The molecule has 0 bridgehead atoms. The van der Waals surface area contributed by atoms with Crippen LogP contribution >= 0.6 is 0 Å². The minimum absolute atomic E-state index is 1.07. The normalized spacial score (nSPS) is 11.2.